The Morgan fingerprint density at radius 3 is 2.55 bits per heavy atom. The number of nitrogens with one attached hydrogen (secondary N) is 1. The van der Waals surface area contributed by atoms with Gasteiger partial charge in [0.1, 0.15) is 12.7 Å². The molecule has 0 saturated carbocycles. The van der Waals surface area contributed by atoms with Crippen molar-refractivity contribution in [3.63, 3.8) is 0 Å². The van der Waals surface area contributed by atoms with Crippen molar-refractivity contribution in [3.05, 3.63) is 35.4 Å². The van der Waals surface area contributed by atoms with Crippen molar-refractivity contribution >= 4 is 5.96 Å². The van der Waals surface area contributed by atoms with Crippen LogP contribution < -0.4 is 5.32 Å². The number of nitrogens with zero attached hydrogens (tertiary/aromatic N) is 2. The van der Waals surface area contributed by atoms with E-state index in [1.165, 1.54) is 0 Å². The van der Waals surface area contributed by atoms with Gasteiger partial charge in [-0.25, -0.2) is 0 Å². The number of ether oxygens (including phenoxy) is 3. The van der Waals surface area contributed by atoms with Gasteiger partial charge in [-0.3, -0.25) is 4.99 Å². The summed E-state index contributed by atoms with van der Waals surface area (Å²) in [4.78, 5) is 6.55. The molecule has 162 valence electrons. The summed E-state index contributed by atoms with van der Waals surface area (Å²) >= 11 is 0. The lowest BCUT2D eigenvalue weighted by Crippen LogP contribution is -2.53. The topological polar surface area (TPSA) is 55.3 Å². The van der Waals surface area contributed by atoms with E-state index in [0.29, 0.717) is 18.7 Å². The average Bonchev–Trinajstić information content (AvgIpc) is 3.24. The molecule has 2 aliphatic rings. The average molecular weight is 415 g/mol. The van der Waals surface area contributed by atoms with Crippen LogP contribution in [0.5, 0.6) is 0 Å². The van der Waals surface area contributed by atoms with E-state index in [1.807, 2.05) is 12.1 Å². The molecular formula is C20H28F3N3O3. The predicted octanol–water partition coefficient (Wildman–Crippen LogP) is 2.72. The summed E-state index contributed by atoms with van der Waals surface area (Å²) in [6, 6.07) is 7.30. The maximum atomic E-state index is 12.1. The molecule has 2 heterocycles. The lowest BCUT2D eigenvalue weighted by molar-refractivity contribution is -0.176. The van der Waals surface area contributed by atoms with E-state index in [-0.39, 0.29) is 18.8 Å². The molecule has 3 rings (SSSR count). The second-order valence-electron chi connectivity index (χ2n) is 7.23. The number of aliphatic imine (C=N–C) groups is 1. The molecule has 0 aromatic heterocycles. The zero-order valence-electron chi connectivity index (χ0n) is 16.6. The van der Waals surface area contributed by atoms with E-state index in [1.54, 1.807) is 19.2 Å². The van der Waals surface area contributed by atoms with Crippen LogP contribution in [0.3, 0.4) is 0 Å². The highest BCUT2D eigenvalue weighted by atomic mass is 19.4. The van der Waals surface area contributed by atoms with Gasteiger partial charge in [0.05, 0.1) is 19.3 Å². The molecular weight excluding hydrogens is 387 g/mol. The first-order chi connectivity index (χ1) is 13.9. The van der Waals surface area contributed by atoms with Gasteiger partial charge in [-0.15, -0.1) is 0 Å². The number of hydrogen-bond acceptors (Lipinski definition) is 4. The Balaban J connectivity index is 1.46. The summed E-state index contributed by atoms with van der Waals surface area (Å²) in [5, 5.41) is 3.35. The first-order valence-electron chi connectivity index (χ1n) is 9.86. The number of guanidine groups is 1. The first kappa shape index (κ1) is 21.9. The summed E-state index contributed by atoms with van der Waals surface area (Å²) in [5.74, 6) is 0.800. The highest BCUT2D eigenvalue weighted by Crippen LogP contribution is 2.21. The first-order valence-corrected chi connectivity index (χ1v) is 9.86. The maximum absolute atomic E-state index is 12.1. The van der Waals surface area contributed by atoms with Crippen molar-refractivity contribution in [2.75, 3.05) is 40.0 Å². The maximum Gasteiger partial charge on any atom is 0.411 e. The monoisotopic (exact) mass is 415 g/mol. The van der Waals surface area contributed by atoms with E-state index < -0.39 is 12.8 Å². The number of alkyl halides is 3. The van der Waals surface area contributed by atoms with E-state index in [4.69, 9.17) is 9.47 Å². The zero-order chi connectivity index (χ0) is 20.7. The molecule has 2 saturated heterocycles. The molecule has 1 aromatic rings. The van der Waals surface area contributed by atoms with E-state index >= 15 is 0 Å². The highest BCUT2D eigenvalue weighted by molar-refractivity contribution is 5.80. The summed E-state index contributed by atoms with van der Waals surface area (Å²) < 4.78 is 52.7. The van der Waals surface area contributed by atoms with Crippen LogP contribution in [0.4, 0.5) is 13.2 Å². The standard InChI is InChI=1S/C20H28F3N3O3/c1-24-19(26-8-10-29-18(12-26)17-3-2-9-28-17)25-11-15-4-6-16(7-5-15)13-27-14-20(21,22)23/h4-7,17-18H,2-3,8-14H2,1H3,(H,24,25). The van der Waals surface area contributed by atoms with Crippen molar-refractivity contribution < 1.29 is 27.4 Å². The van der Waals surface area contributed by atoms with Gasteiger partial charge in [-0.05, 0) is 24.0 Å². The van der Waals surface area contributed by atoms with Crippen LogP contribution in [0.2, 0.25) is 0 Å². The third kappa shape index (κ3) is 6.87. The molecule has 6 nitrogen and oxygen atoms in total. The number of halogens is 3. The summed E-state index contributed by atoms with van der Waals surface area (Å²) in [7, 11) is 1.75. The fraction of sp³-hybridized carbons (Fsp3) is 0.650. The van der Waals surface area contributed by atoms with E-state index in [0.717, 1.165) is 44.1 Å². The molecule has 29 heavy (non-hydrogen) atoms. The Labute approximate surface area is 169 Å². The Bertz CT molecular complexity index is 661. The quantitative estimate of drug-likeness (QED) is 0.572. The number of morpholine rings is 1. The third-order valence-electron chi connectivity index (χ3n) is 4.99. The minimum absolute atomic E-state index is 0.0563. The van der Waals surface area contributed by atoms with Gasteiger partial charge in [0.15, 0.2) is 5.96 Å². The predicted molar refractivity (Wildman–Crippen MR) is 103 cm³/mol. The molecule has 0 amide bonds. The lowest BCUT2D eigenvalue weighted by atomic mass is 10.1. The Hall–Kier alpha value is -1.84. The summed E-state index contributed by atoms with van der Waals surface area (Å²) in [5.41, 5.74) is 1.71. The van der Waals surface area contributed by atoms with E-state index in [9.17, 15) is 13.2 Å². The molecule has 2 fully saturated rings. The summed E-state index contributed by atoms with van der Waals surface area (Å²) in [6.45, 7) is 2.20. The second kappa shape index (κ2) is 10.3. The Morgan fingerprint density at radius 1 is 1.17 bits per heavy atom. The fourth-order valence-corrected chi connectivity index (χ4v) is 3.54. The zero-order valence-corrected chi connectivity index (χ0v) is 16.6. The van der Waals surface area contributed by atoms with Crippen molar-refractivity contribution in [2.45, 2.75) is 44.4 Å². The van der Waals surface area contributed by atoms with Gasteiger partial charge in [0, 0.05) is 33.3 Å². The van der Waals surface area contributed by atoms with Crippen molar-refractivity contribution in [2.24, 2.45) is 4.99 Å². The van der Waals surface area contributed by atoms with Crippen molar-refractivity contribution in [3.8, 4) is 0 Å². The number of rotatable bonds is 6. The molecule has 2 atom stereocenters. The number of benzene rings is 1. The third-order valence-corrected chi connectivity index (χ3v) is 4.99. The normalized spacial score (nSPS) is 23.4. The van der Waals surface area contributed by atoms with E-state index in [2.05, 4.69) is 19.9 Å². The Morgan fingerprint density at radius 2 is 1.90 bits per heavy atom. The largest absolute Gasteiger partial charge is 0.411 e. The van der Waals surface area contributed by atoms with Crippen LogP contribution in [0.1, 0.15) is 24.0 Å². The van der Waals surface area contributed by atoms with Crippen molar-refractivity contribution in [1.82, 2.24) is 10.2 Å². The van der Waals surface area contributed by atoms with Crippen LogP contribution in [-0.4, -0.2) is 69.2 Å². The molecule has 9 heteroatoms. The lowest BCUT2D eigenvalue weighted by Gasteiger charge is -2.37. The SMILES string of the molecule is CN=C(NCc1ccc(COCC(F)(F)F)cc1)N1CCOC(C2CCCO2)C1. The van der Waals surface area contributed by atoms with Gasteiger partial charge in [0.2, 0.25) is 0 Å². The smallest absolute Gasteiger partial charge is 0.375 e. The Kier molecular flexibility index (Phi) is 7.74. The minimum atomic E-state index is -4.30. The van der Waals surface area contributed by atoms with Crippen LogP contribution in [-0.2, 0) is 27.4 Å². The van der Waals surface area contributed by atoms with Crippen LogP contribution in [0, 0.1) is 0 Å². The molecule has 1 N–H and O–H groups in total. The molecule has 0 spiro atoms. The molecule has 2 unspecified atom stereocenters. The number of hydrogen-bond donors (Lipinski definition) is 1. The molecule has 2 aliphatic heterocycles. The summed E-state index contributed by atoms with van der Waals surface area (Å²) in [6.07, 6.45) is -1.98. The molecule has 0 radical (unpaired) electrons. The molecule has 0 aliphatic carbocycles. The van der Waals surface area contributed by atoms with Gasteiger partial charge < -0.3 is 24.4 Å². The molecule has 1 aromatic carbocycles. The van der Waals surface area contributed by atoms with Crippen LogP contribution in [0.25, 0.3) is 0 Å². The van der Waals surface area contributed by atoms with Crippen LogP contribution in [0.15, 0.2) is 29.3 Å². The fourth-order valence-electron chi connectivity index (χ4n) is 3.54. The molecule has 0 bridgehead atoms. The second-order valence-corrected chi connectivity index (χ2v) is 7.23. The van der Waals surface area contributed by atoms with Gasteiger partial charge in [0.25, 0.3) is 0 Å². The van der Waals surface area contributed by atoms with Gasteiger partial charge in [-0.2, -0.15) is 13.2 Å². The van der Waals surface area contributed by atoms with Gasteiger partial charge in [-0.1, -0.05) is 24.3 Å². The minimum Gasteiger partial charge on any atom is -0.375 e. The van der Waals surface area contributed by atoms with Crippen LogP contribution >= 0.6 is 0 Å². The van der Waals surface area contributed by atoms with Crippen molar-refractivity contribution in [1.29, 1.82) is 0 Å². The van der Waals surface area contributed by atoms with Gasteiger partial charge >= 0.3 is 6.18 Å². The highest BCUT2D eigenvalue weighted by Gasteiger charge is 2.32.